The third-order valence-electron chi connectivity index (χ3n) is 7.80. The first-order chi connectivity index (χ1) is 14.4. The van der Waals surface area contributed by atoms with Crippen LogP contribution in [0.1, 0.15) is 44.1 Å². The highest BCUT2D eigenvalue weighted by Gasteiger charge is 2.60. The predicted molar refractivity (Wildman–Crippen MR) is 120 cm³/mol. The van der Waals surface area contributed by atoms with E-state index in [1.807, 2.05) is 30.3 Å². The van der Waals surface area contributed by atoms with Gasteiger partial charge in [-0.05, 0) is 55.9 Å². The lowest BCUT2D eigenvalue weighted by Gasteiger charge is -2.60. The minimum absolute atomic E-state index is 0.0564. The minimum Gasteiger partial charge on any atom is -0.351 e. The Kier molecular flexibility index (Phi) is 5.42. The summed E-state index contributed by atoms with van der Waals surface area (Å²) in [6.45, 7) is 4.04. The van der Waals surface area contributed by atoms with Crippen LogP contribution in [0.2, 0.25) is 0 Å². The number of halogens is 1. The van der Waals surface area contributed by atoms with Gasteiger partial charge in [0.15, 0.2) is 0 Å². The normalized spacial score (nSPS) is 35.4. The standard InChI is InChI=1S/C24H32BrN3O2/c25-24-13-19-10-20(14-24)12-23(11-19,17-24)22(30)28-8-6-27(7-9-28)16-21(29)26-15-18-4-2-1-3-5-18/h1-5,19-20H,6-17H2,(H,26,29). The van der Waals surface area contributed by atoms with E-state index in [0.717, 1.165) is 62.8 Å². The van der Waals surface area contributed by atoms with E-state index >= 15 is 0 Å². The van der Waals surface area contributed by atoms with Crippen LogP contribution in [0.15, 0.2) is 30.3 Å². The van der Waals surface area contributed by atoms with Crippen LogP contribution in [-0.4, -0.2) is 58.7 Å². The summed E-state index contributed by atoms with van der Waals surface area (Å²) in [5.41, 5.74) is 0.990. The van der Waals surface area contributed by atoms with Crippen molar-refractivity contribution in [3.8, 4) is 0 Å². The summed E-state index contributed by atoms with van der Waals surface area (Å²) in [5.74, 6) is 1.91. The zero-order valence-electron chi connectivity index (χ0n) is 17.6. The Morgan fingerprint density at radius 3 is 2.30 bits per heavy atom. The average molecular weight is 474 g/mol. The van der Waals surface area contributed by atoms with Gasteiger partial charge in [-0.1, -0.05) is 46.3 Å². The maximum Gasteiger partial charge on any atom is 0.234 e. The molecular weight excluding hydrogens is 442 g/mol. The highest BCUT2D eigenvalue weighted by molar-refractivity contribution is 9.10. The fraction of sp³-hybridized carbons (Fsp3) is 0.667. The van der Waals surface area contributed by atoms with E-state index in [4.69, 9.17) is 0 Å². The number of amides is 2. The second-order valence-electron chi connectivity index (χ2n) is 10.2. The summed E-state index contributed by atoms with van der Waals surface area (Å²) in [7, 11) is 0. The lowest BCUT2D eigenvalue weighted by molar-refractivity contribution is -0.157. The molecule has 1 N–H and O–H groups in total. The van der Waals surface area contributed by atoms with E-state index in [-0.39, 0.29) is 15.6 Å². The van der Waals surface area contributed by atoms with Gasteiger partial charge >= 0.3 is 0 Å². The predicted octanol–water partition coefficient (Wildman–Crippen LogP) is 3.18. The van der Waals surface area contributed by atoms with Gasteiger partial charge in [0.05, 0.1) is 12.0 Å². The van der Waals surface area contributed by atoms with Crippen molar-refractivity contribution in [1.29, 1.82) is 0 Å². The molecule has 162 valence electrons. The topological polar surface area (TPSA) is 52.7 Å². The summed E-state index contributed by atoms with van der Waals surface area (Å²) in [6, 6.07) is 9.99. The van der Waals surface area contributed by atoms with Crippen LogP contribution < -0.4 is 5.32 Å². The number of nitrogens with one attached hydrogen (secondary N) is 1. The number of hydrogen-bond donors (Lipinski definition) is 1. The number of carbonyl (C=O) groups excluding carboxylic acids is 2. The number of benzene rings is 1. The van der Waals surface area contributed by atoms with Crippen LogP contribution in [0, 0.1) is 17.3 Å². The highest BCUT2D eigenvalue weighted by atomic mass is 79.9. The van der Waals surface area contributed by atoms with Crippen LogP contribution >= 0.6 is 15.9 Å². The number of rotatable bonds is 5. The molecule has 1 aromatic carbocycles. The van der Waals surface area contributed by atoms with Gasteiger partial charge in [0, 0.05) is 37.0 Å². The van der Waals surface area contributed by atoms with Crippen molar-refractivity contribution in [2.24, 2.45) is 17.3 Å². The Hall–Kier alpha value is -1.40. The molecule has 1 heterocycles. The molecule has 30 heavy (non-hydrogen) atoms. The molecule has 2 unspecified atom stereocenters. The molecule has 5 nitrogen and oxygen atoms in total. The summed E-state index contributed by atoms with van der Waals surface area (Å²) in [4.78, 5) is 30.2. The smallest absolute Gasteiger partial charge is 0.234 e. The van der Waals surface area contributed by atoms with Crippen LogP contribution in [0.5, 0.6) is 0 Å². The van der Waals surface area contributed by atoms with Gasteiger partial charge in [-0.15, -0.1) is 0 Å². The summed E-state index contributed by atoms with van der Waals surface area (Å²) >= 11 is 4.03. The second-order valence-corrected chi connectivity index (χ2v) is 11.9. The monoisotopic (exact) mass is 473 g/mol. The maximum atomic E-state index is 13.6. The Balaban J connectivity index is 1.12. The molecule has 5 aliphatic rings. The summed E-state index contributed by atoms with van der Waals surface area (Å²) in [5, 5.41) is 3.01. The van der Waals surface area contributed by atoms with Gasteiger partial charge in [-0.25, -0.2) is 0 Å². The first-order valence-corrected chi connectivity index (χ1v) is 12.2. The minimum atomic E-state index is -0.122. The number of nitrogens with zero attached hydrogens (tertiary/aromatic N) is 2. The van der Waals surface area contributed by atoms with Crippen LogP contribution in [0.3, 0.4) is 0 Å². The van der Waals surface area contributed by atoms with Gasteiger partial charge < -0.3 is 10.2 Å². The third-order valence-corrected chi connectivity index (χ3v) is 8.73. The SMILES string of the molecule is O=C(CN1CCN(C(=O)C23CC4CC(CC(Br)(C4)C2)C3)CC1)NCc1ccccc1. The zero-order valence-corrected chi connectivity index (χ0v) is 19.2. The van der Waals surface area contributed by atoms with Crippen LogP contribution in [0.25, 0.3) is 0 Å². The lowest BCUT2D eigenvalue weighted by atomic mass is 9.49. The molecule has 1 saturated heterocycles. The summed E-state index contributed by atoms with van der Waals surface area (Å²) in [6.07, 6.45) is 7.05. The van der Waals surface area contributed by atoms with Crippen molar-refractivity contribution >= 4 is 27.7 Å². The van der Waals surface area contributed by atoms with Crippen molar-refractivity contribution in [2.75, 3.05) is 32.7 Å². The van der Waals surface area contributed by atoms with E-state index in [0.29, 0.717) is 19.0 Å². The first kappa shape index (κ1) is 20.5. The molecule has 4 bridgehead atoms. The zero-order chi connectivity index (χ0) is 20.8. The fourth-order valence-corrected chi connectivity index (χ4v) is 8.35. The molecule has 6 heteroatoms. The Morgan fingerprint density at radius 1 is 1.00 bits per heavy atom. The quantitative estimate of drug-likeness (QED) is 0.668. The van der Waals surface area contributed by atoms with E-state index in [1.165, 1.54) is 19.3 Å². The molecule has 4 saturated carbocycles. The summed E-state index contributed by atoms with van der Waals surface area (Å²) < 4.78 is 0.214. The van der Waals surface area contributed by atoms with Gasteiger partial charge in [-0.2, -0.15) is 0 Å². The van der Waals surface area contributed by atoms with E-state index in [9.17, 15) is 9.59 Å². The maximum absolute atomic E-state index is 13.6. The molecule has 0 spiro atoms. The number of piperazine rings is 1. The van der Waals surface area contributed by atoms with E-state index in [1.54, 1.807) is 0 Å². The second kappa shape index (κ2) is 7.94. The Labute approximate surface area is 187 Å². The molecule has 0 aromatic heterocycles. The van der Waals surface area contributed by atoms with Crippen molar-refractivity contribution in [1.82, 2.24) is 15.1 Å². The van der Waals surface area contributed by atoms with Crippen molar-refractivity contribution < 1.29 is 9.59 Å². The average Bonchev–Trinajstić information content (AvgIpc) is 2.71. The lowest BCUT2D eigenvalue weighted by Crippen LogP contribution is -2.61. The molecule has 0 radical (unpaired) electrons. The van der Waals surface area contributed by atoms with Crippen LogP contribution in [0.4, 0.5) is 0 Å². The number of hydrogen-bond acceptors (Lipinski definition) is 3. The largest absolute Gasteiger partial charge is 0.351 e. The molecule has 2 amide bonds. The molecule has 1 aromatic rings. The highest BCUT2D eigenvalue weighted by Crippen LogP contribution is 2.64. The van der Waals surface area contributed by atoms with Gasteiger partial charge in [0.1, 0.15) is 0 Å². The molecule has 5 fully saturated rings. The Bertz CT molecular complexity index is 792. The molecule has 1 aliphatic heterocycles. The molecule has 6 rings (SSSR count). The van der Waals surface area contributed by atoms with E-state index < -0.39 is 0 Å². The van der Waals surface area contributed by atoms with Crippen molar-refractivity contribution in [3.63, 3.8) is 0 Å². The number of alkyl halides is 1. The van der Waals surface area contributed by atoms with Gasteiger partial charge in [0.2, 0.25) is 11.8 Å². The number of carbonyl (C=O) groups is 2. The fourth-order valence-electron chi connectivity index (χ4n) is 6.90. The third kappa shape index (κ3) is 4.05. The molecule has 4 aliphatic carbocycles. The van der Waals surface area contributed by atoms with Gasteiger partial charge in [0.25, 0.3) is 0 Å². The Morgan fingerprint density at radius 2 is 1.67 bits per heavy atom. The van der Waals surface area contributed by atoms with Crippen molar-refractivity contribution in [3.05, 3.63) is 35.9 Å². The first-order valence-electron chi connectivity index (χ1n) is 11.4. The molecule has 2 atom stereocenters. The van der Waals surface area contributed by atoms with Gasteiger partial charge in [-0.3, -0.25) is 14.5 Å². The van der Waals surface area contributed by atoms with Crippen molar-refractivity contribution in [2.45, 2.75) is 49.4 Å². The van der Waals surface area contributed by atoms with E-state index in [2.05, 4.69) is 31.0 Å². The van der Waals surface area contributed by atoms with Crippen LogP contribution in [-0.2, 0) is 16.1 Å². The molecular formula is C24H32BrN3O2.